The van der Waals surface area contributed by atoms with Crippen molar-refractivity contribution in [3.05, 3.63) is 122 Å². The molecule has 0 fully saturated rings. The van der Waals surface area contributed by atoms with Crippen LogP contribution in [0.15, 0.2) is 122 Å². The number of rotatable bonds is 62. The molecule has 0 spiro atoms. The molecule has 1 unspecified atom stereocenters. The molecular formula is C76H128O6. The molecule has 1 atom stereocenters. The number of unbranched alkanes of at least 4 members (excludes halogenated alkanes) is 31. The lowest BCUT2D eigenvalue weighted by molar-refractivity contribution is -0.167. The molecule has 0 N–H and O–H groups in total. The molecule has 0 aromatic heterocycles. The summed E-state index contributed by atoms with van der Waals surface area (Å²) in [5, 5.41) is 0. The number of esters is 3. The number of carbonyl (C=O) groups excluding carboxylic acids is 3. The number of hydrogen-bond donors (Lipinski definition) is 0. The standard InChI is InChI=1S/C76H128O6/c1-4-7-10-13-16-19-22-25-28-31-33-34-35-36-37-38-39-40-41-42-44-45-48-51-54-57-60-63-66-69-75(78)81-72-73(71-80-74(77)68-65-62-59-56-53-50-47-30-27-24-21-18-15-12-9-6-3)82-76(79)70-67-64-61-58-55-52-49-46-43-32-29-26-23-20-17-14-11-8-5-2/h7,10,16,19,21,24-25,28,30,33-34,36-37,39-40,42,44,47-48,51,73H,4-6,8-9,11-15,17-18,20,22-23,26-27,29,31-32,35,38,41,43,45-46,49-50,52-72H2,1-3H3/b10-7-,19-16-,24-21-,28-25-,34-33-,37-36-,40-39-,44-42-,47-30-,51-48-. The molecule has 82 heavy (non-hydrogen) atoms. The summed E-state index contributed by atoms with van der Waals surface area (Å²) in [4.78, 5) is 38.4. The summed E-state index contributed by atoms with van der Waals surface area (Å²) in [6.07, 6.45) is 96.4. The van der Waals surface area contributed by atoms with Crippen molar-refractivity contribution in [2.24, 2.45) is 0 Å². The van der Waals surface area contributed by atoms with Crippen molar-refractivity contribution < 1.29 is 28.6 Å². The lowest BCUT2D eigenvalue weighted by Crippen LogP contribution is -2.30. The molecule has 0 aliphatic carbocycles. The van der Waals surface area contributed by atoms with Crippen LogP contribution in [0, 0.1) is 0 Å². The van der Waals surface area contributed by atoms with Gasteiger partial charge >= 0.3 is 17.9 Å². The van der Waals surface area contributed by atoms with E-state index < -0.39 is 6.10 Å². The normalized spacial score (nSPS) is 12.9. The third kappa shape index (κ3) is 66.6. The van der Waals surface area contributed by atoms with Crippen LogP contribution in [0.1, 0.15) is 323 Å². The lowest BCUT2D eigenvalue weighted by atomic mass is 10.0. The van der Waals surface area contributed by atoms with E-state index in [0.29, 0.717) is 19.3 Å². The Morgan fingerprint density at radius 2 is 0.476 bits per heavy atom. The largest absolute Gasteiger partial charge is 0.462 e. The van der Waals surface area contributed by atoms with Crippen molar-refractivity contribution in [3.8, 4) is 0 Å². The molecule has 6 nitrogen and oxygen atoms in total. The van der Waals surface area contributed by atoms with Crippen LogP contribution in [0.5, 0.6) is 0 Å². The van der Waals surface area contributed by atoms with Crippen molar-refractivity contribution in [2.45, 2.75) is 329 Å². The van der Waals surface area contributed by atoms with Crippen molar-refractivity contribution >= 4 is 17.9 Å². The highest BCUT2D eigenvalue weighted by Gasteiger charge is 2.19. The molecule has 0 amide bonds. The maximum atomic E-state index is 12.9. The second-order valence-corrected chi connectivity index (χ2v) is 22.7. The van der Waals surface area contributed by atoms with Gasteiger partial charge in [-0.15, -0.1) is 0 Å². The van der Waals surface area contributed by atoms with Crippen LogP contribution in [0.2, 0.25) is 0 Å². The van der Waals surface area contributed by atoms with E-state index in [1.807, 2.05) is 0 Å². The molecule has 0 radical (unpaired) electrons. The van der Waals surface area contributed by atoms with Gasteiger partial charge < -0.3 is 14.2 Å². The maximum absolute atomic E-state index is 12.9. The van der Waals surface area contributed by atoms with Gasteiger partial charge in [0.25, 0.3) is 0 Å². The Labute approximate surface area is 507 Å². The minimum atomic E-state index is -0.798. The number of carbonyl (C=O) groups is 3. The van der Waals surface area contributed by atoms with Gasteiger partial charge in [-0.1, -0.05) is 309 Å². The fourth-order valence-electron chi connectivity index (χ4n) is 9.55. The lowest BCUT2D eigenvalue weighted by Gasteiger charge is -2.18. The Morgan fingerprint density at radius 1 is 0.256 bits per heavy atom. The topological polar surface area (TPSA) is 78.9 Å². The first kappa shape index (κ1) is 77.8. The number of ether oxygens (including phenoxy) is 3. The summed E-state index contributed by atoms with van der Waals surface area (Å²) in [6.45, 7) is 6.51. The van der Waals surface area contributed by atoms with Crippen molar-refractivity contribution in [3.63, 3.8) is 0 Å². The molecule has 6 heteroatoms. The molecule has 0 heterocycles. The highest BCUT2D eigenvalue weighted by molar-refractivity contribution is 5.71. The van der Waals surface area contributed by atoms with Crippen LogP contribution in [0.4, 0.5) is 0 Å². The third-order valence-electron chi connectivity index (χ3n) is 14.7. The highest BCUT2D eigenvalue weighted by Crippen LogP contribution is 2.17. The molecule has 0 rings (SSSR count). The van der Waals surface area contributed by atoms with Crippen molar-refractivity contribution in [2.75, 3.05) is 13.2 Å². The third-order valence-corrected chi connectivity index (χ3v) is 14.7. The van der Waals surface area contributed by atoms with Gasteiger partial charge in [0.2, 0.25) is 0 Å². The zero-order valence-corrected chi connectivity index (χ0v) is 53.7. The van der Waals surface area contributed by atoms with Crippen LogP contribution >= 0.6 is 0 Å². The van der Waals surface area contributed by atoms with E-state index in [-0.39, 0.29) is 31.1 Å². The van der Waals surface area contributed by atoms with Gasteiger partial charge in [-0.05, 0) is 116 Å². The van der Waals surface area contributed by atoms with Gasteiger partial charge in [0.1, 0.15) is 13.2 Å². The van der Waals surface area contributed by atoms with E-state index in [9.17, 15) is 14.4 Å². The average molecular weight is 1140 g/mol. The Kier molecular flexibility index (Phi) is 65.8. The van der Waals surface area contributed by atoms with Gasteiger partial charge in [-0.3, -0.25) is 14.4 Å². The summed E-state index contributed by atoms with van der Waals surface area (Å²) in [7, 11) is 0. The summed E-state index contributed by atoms with van der Waals surface area (Å²) >= 11 is 0. The predicted molar refractivity (Wildman–Crippen MR) is 357 cm³/mol. The average Bonchev–Trinajstić information content (AvgIpc) is 3.47. The quantitative estimate of drug-likeness (QED) is 0.0261. The summed E-state index contributed by atoms with van der Waals surface area (Å²) in [5.41, 5.74) is 0. The molecule has 0 saturated heterocycles. The molecule has 0 aliphatic heterocycles. The monoisotopic (exact) mass is 1140 g/mol. The highest BCUT2D eigenvalue weighted by atomic mass is 16.6. The first-order chi connectivity index (χ1) is 40.5. The van der Waals surface area contributed by atoms with E-state index in [1.54, 1.807) is 0 Å². The Balaban J connectivity index is 4.42. The summed E-state index contributed by atoms with van der Waals surface area (Å²) < 4.78 is 16.9. The predicted octanol–water partition coefficient (Wildman–Crippen LogP) is 23.9. The Bertz CT molecular complexity index is 1690. The van der Waals surface area contributed by atoms with E-state index in [4.69, 9.17) is 14.2 Å². The molecule has 0 bridgehead atoms. The molecule has 0 saturated carbocycles. The SMILES string of the molecule is CC/C=C\C/C=C\C/C=C\C/C=C\C/C=C\C/C=C\C/C=C\C/C=C\CCCCCCC(=O)OCC(COC(=O)CCCCCCC/C=C\C/C=C\CCCCCC)OC(=O)CCCCCCCCCCCCCCCCCCCCC. The fourth-order valence-corrected chi connectivity index (χ4v) is 9.55. The zero-order valence-electron chi connectivity index (χ0n) is 53.7. The van der Waals surface area contributed by atoms with Gasteiger partial charge in [0.15, 0.2) is 6.10 Å². The van der Waals surface area contributed by atoms with E-state index >= 15 is 0 Å². The van der Waals surface area contributed by atoms with Crippen LogP contribution < -0.4 is 0 Å². The smallest absolute Gasteiger partial charge is 0.306 e. The number of hydrogen-bond acceptors (Lipinski definition) is 6. The second-order valence-electron chi connectivity index (χ2n) is 22.7. The number of allylic oxidation sites excluding steroid dienone is 20. The Hall–Kier alpha value is -4.19. The minimum Gasteiger partial charge on any atom is -0.462 e. The molecule has 468 valence electrons. The second kappa shape index (κ2) is 69.3. The molecular weight excluding hydrogens is 1010 g/mol. The minimum absolute atomic E-state index is 0.0930. The van der Waals surface area contributed by atoms with Gasteiger partial charge in [0.05, 0.1) is 0 Å². The van der Waals surface area contributed by atoms with Crippen LogP contribution in [0.3, 0.4) is 0 Å². The molecule has 0 aromatic rings. The first-order valence-electron chi connectivity index (χ1n) is 34.5. The van der Waals surface area contributed by atoms with Gasteiger partial charge in [-0.2, -0.15) is 0 Å². The fraction of sp³-hybridized carbons (Fsp3) is 0.697. The van der Waals surface area contributed by atoms with Gasteiger partial charge in [-0.25, -0.2) is 0 Å². The van der Waals surface area contributed by atoms with E-state index in [2.05, 4.69) is 142 Å². The van der Waals surface area contributed by atoms with Crippen LogP contribution in [0.25, 0.3) is 0 Å². The summed E-state index contributed by atoms with van der Waals surface area (Å²) in [6, 6.07) is 0. The first-order valence-corrected chi connectivity index (χ1v) is 34.5. The molecule has 0 aliphatic rings. The van der Waals surface area contributed by atoms with Crippen LogP contribution in [-0.4, -0.2) is 37.2 Å². The van der Waals surface area contributed by atoms with Crippen molar-refractivity contribution in [1.82, 2.24) is 0 Å². The summed E-state index contributed by atoms with van der Waals surface area (Å²) in [5.74, 6) is -0.919. The maximum Gasteiger partial charge on any atom is 0.306 e. The zero-order chi connectivity index (χ0) is 59.2. The van der Waals surface area contributed by atoms with Crippen LogP contribution in [-0.2, 0) is 28.6 Å². The Morgan fingerprint density at radius 3 is 0.756 bits per heavy atom. The van der Waals surface area contributed by atoms with Crippen molar-refractivity contribution in [1.29, 1.82) is 0 Å². The van der Waals surface area contributed by atoms with E-state index in [1.165, 1.54) is 135 Å². The van der Waals surface area contributed by atoms with E-state index in [0.717, 1.165) is 148 Å². The molecule has 0 aromatic carbocycles. The van der Waals surface area contributed by atoms with Gasteiger partial charge in [0, 0.05) is 19.3 Å².